The van der Waals surface area contributed by atoms with Crippen LogP contribution in [0.15, 0.2) is 47.6 Å². The lowest BCUT2D eigenvalue weighted by Crippen LogP contribution is -1.95. The third-order valence-electron chi connectivity index (χ3n) is 3.12. The maximum absolute atomic E-state index is 4.43. The zero-order chi connectivity index (χ0) is 14.8. The summed E-state index contributed by atoms with van der Waals surface area (Å²) < 4.78 is 0.950. The molecule has 0 aliphatic heterocycles. The standard InChI is InChI=1S/C16H13BrN4/c1-10-3-12(6-18-5-10)13-7-20-16(21-8-13)15-11(2)4-14(17)9-19-15/h3-9H,1-2H3. The van der Waals surface area contributed by atoms with Crippen molar-refractivity contribution in [3.05, 3.63) is 58.7 Å². The Morgan fingerprint density at radius 1 is 0.810 bits per heavy atom. The van der Waals surface area contributed by atoms with Gasteiger partial charge in [-0.15, -0.1) is 0 Å². The molecule has 0 fully saturated rings. The van der Waals surface area contributed by atoms with Crippen molar-refractivity contribution in [2.75, 3.05) is 0 Å². The van der Waals surface area contributed by atoms with E-state index in [1.807, 2.05) is 44.7 Å². The Kier molecular flexibility index (Phi) is 3.75. The van der Waals surface area contributed by atoms with Gasteiger partial charge in [-0.3, -0.25) is 9.97 Å². The van der Waals surface area contributed by atoms with Gasteiger partial charge in [0.05, 0.1) is 0 Å². The lowest BCUT2D eigenvalue weighted by Gasteiger charge is -2.05. The molecule has 0 aliphatic carbocycles. The summed E-state index contributed by atoms with van der Waals surface area (Å²) in [5, 5.41) is 0. The quantitative estimate of drug-likeness (QED) is 0.707. The summed E-state index contributed by atoms with van der Waals surface area (Å²) in [6, 6.07) is 4.07. The zero-order valence-electron chi connectivity index (χ0n) is 11.7. The predicted molar refractivity (Wildman–Crippen MR) is 85.7 cm³/mol. The van der Waals surface area contributed by atoms with Crippen LogP contribution in [0.5, 0.6) is 0 Å². The van der Waals surface area contributed by atoms with Gasteiger partial charge in [-0.1, -0.05) is 0 Å². The van der Waals surface area contributed by atoms with Crippen molar-refractivity contribution < 1.29 is 0 Å². The molecule has 0 aliphatic rings. The summed E-state index contributed by atoms with van der Waals surface area (Å²) in [7, 11) is 0. The molecular weight excluding hydrogens is 328 g/mol. The third kappa shape index (κ3) is 2.97. The summed E-state index contributed by atoms with van der Waals surface area (Å²) in [6.07, 6.45) is 9.01. The number of aromatic nitrogens is 4. The fourth-order valence-electron chi connectivity index (χ4n) is 2.09. The van der Waals surface area contributed by atoms with E-state index in [2.05, 4.69) is 41.9 Å². The summed E-state index contributed by atoms with van der Waals surface area (Å²) >= 11 is 3.41. The molecule has 0 saturated heterocycles. The first kappa shape index (κ1) is 13.8. The van der Waals surface area contributed by atoms with Crippen molar-refractivity contribution >= 4 is 15.9 Å². The van der Waals surface area contributed by atoms with E-state index < -0.39 is 0 Å². The second-order valence-corrected chi connectivity index (χ2v) is 5.78. The maximum atomic E-state index is 4.43. The van der Waals surface area contributed by atoms with Crippen LogP contribution in [-0.4, -0.2) is 19.9 Å². The van der Waals surface area contributed by atoms with Gasteiger partial charge in [-0.25, -0.2) is 9.97 Å². The van der Waals surface area contributed by atoms with Crippen LogP contribution in [0.1, 0.15) is 11.1 Å². The highest BCUT2D eigenvalue weighted by atomic mass is 79.9. The average Bonchev–Trinajstić information content (AvgIpc) is 2.47. The SMILES string of the molecule is Cc1cncc(-c2cnc(-c3ncc(Br)cc3C)nc2)c1. The van der Waals surface area contributed by atoms with Crippen molar-refractivity contribution in [3.63, 3.8) is 0 Å². The molecule has 3 rings (SSSR count). The molecule has 0 spiro atoms. The molecule has 0 radical (unpaired) electrons. The molecule has 0 aromatic carbocycles. The molecule has 0 saturated carbocycles. The zero-order valence-corrected chi connectivity index (χ0v) is 13.3. The van der Waals surface area contributed by atoms with E-state index in [1.165, 1.54) is 0 Å². The number of pyridine rings is 2. The molecule has 0 atom stereocenters. The Morgan fingerprint density at radius 3 is 2.24 bits per heavy atom. The molecule has 3 aromatic rings. The first-order chi connectivity index (χ1) is 10.1. The van der Waals surface area contributed by atoms with E-state index in [0.717, 1.165) is 32.4 Å². The molecule has 21 heavy (non-hydrogen) atoms. The fourth-order valence-corrected chi connectivity index (χ4v) is 2.53. The minimum atomic E-state index is 0.629. The van der Waals surface area contributed by atoms with Crippen molar-refractivity contribution in [3.8, 4) is 22.6 Å². The van der Waals surface area contributed by atoms with Crippen LogP contribution in [0.2, 0.25) is 0 Å². The Balaban J connectivity index is 1.97. The van der Waals surface area contributed by atoms with E-state index in [4.69, 9.17) is 0 Å². The predicted octanol–water partition coefficient (Wildman–Crippen LogP) is 3.98. The minimum Gasteiger partial charge on any atom is -0.264 e. The Labute approximate surface area is 131 Å². The highest BCUT2D eigenvalue weighted by Gasteiger charge is 2.08. The minimum absolute atomic E-state index is 0.629. The van der Waals surface area contributed by atoms with Gasteiger partial charge in [0.1, 0.15) is 5.69 Å². The van der Waals surface area contributed by atoms with E-state index in [0.29, 0.717) is 5.82 Å². The maximum Gasteiger partial charge on any atom is 0.178 e. The number of aryl methyl sites for hydroxylation is 2. The molecule has 3 heterocycles. The first-order valence-electron chi connectivity index (χ1n) is 6.50. The highest BCUT2D eigenvalue weighted by Crippen LogP contribution is 2.22. The molecule has 5 heteroatoms. The second-order valence-electron chi connectivity index (χ2n) is 4.87. The van der Waals surface area contributed by atoms with Crippen LogP contribution in [-0.2, 0) is 0 Å². The van der Waals surface area contributed by atoms with Gasteiger partial charge in [0.15, 0.2) is 5.82 Å². The van der Waals surface area contributed by atoms with Crippen molar-refractivity contribution in [1.82, 2.24) is 19.9 Å². The van der Waals surface area contributed by atoms with Gasteiger partial charge in [-0.05, 0) is 53.0 Å². The Morgan fingerprint density at radius 2 is 1.57 bits per heavy atom. The Bertz CT molecular complexity index is 785. The van der Waals surface area contributed by atoms with E-state index in [9.17, 15) is 0 Å². The number of hydrogen-bond donors (Lipinski definition) is 0. The monoisotopic (exact) mass is 340 g/mol. The molecular formula is C16H13BrN4. The van der Waals surface area contributed by atoms with Crippen LogP contribution < -0.4 is 0 Å². The van der Waals surface area contributed by atoms with Crippen LogP contribution in [0.25, 0.3) is 22.6 Å². The third-order valence-corrected chi connectivity index (χ3v) is 3.55. The largest absolute Gasteiger partial charge is 0.264 e. The second kappa shape index (κ2) is 5.69. The molecule has 0 bridgehead atoms. The first-order valence-corrected chi connectivity index (χ1v) is 7.29. The topological polar surface area (TPSA) is 51.6 Å². The number of hydrogen-bond acceptors (Lipinski definition) is 4. The summed E-state index contributed by atoms with van der Waals surface area (Å²) in [5.41, 5.74) is 4.91. The molecule has 4 nitrogen and oxygen atoms in total. The van der Waals surface area contributed by atoms with Crippen LogP contribution in [0.3, 0.4) is 0 Å². The molecule has 3 aromatic heterocycles. The fraction of sp³-hybridized carbons (Fsp3) is 0.125. The molecule has 0 amide bonds. The van der Waals surface area contributed by atoms with E-state index >= 15 is 0 Å². The lowest BCUT2D eigenvalue weighted by molar-refractivity contribution is 1.12. The molecule has 104 valence electrons. The summed E-state index contributed by atoms with van der Waals surface area (Å²) in [4.78, 5) is 17.4. The van der Waals surface area contributed by atoms with Crippen molar-refractivity contribution in [1.29, 1.82) is 0 Å². The van der Waals surface area contributed by atoms with Gasteiger partial charge in [-0.2, -0.15) is 0 Å². The van der Waals surface area contributed by atoms with E-state index in [1.54, 1.807) is 6.20 Å². The molecule has 0 unspecified atom stereocenters. The van der Waals surface area contributed by atoms with Crippen molar-refractivity contribution in [2.24, 2.45) is 0 Å². The van der Waals surface area contributed by atoms with Gasteiger partial charge in [0.25, 0.3) is 0 Å². The van der Waals surface area contributed by atoms with E-state index in [-0.39, 0.29) is 0 Å². The number of halogens is 1. The van der Waals surface area contributed by atoms with Crippen molar-refractivity contribution in [2.45, 2.75) is 13.8 Å². The number of rotatable bonds is 2. The Hall–Kier alpha value is -2.14. The van der Waals surface area contributed by atoms with Crippen LogP contribution >= 0.6 is 15.9 Å². The van der Waals surface area contributed by atoms with Crippen LogP contribution in [0, 0.1) is 13.8 Å². The summed E-state index contributed by atoms with van der Waals surface area (Å²) in [5.74, 6) is 0.629. The van der Waals surface area contributed by atoms with Crippen LogP contribution in [0.4, 0.5) is 0 Å². The molecule has 0 N–H and O–H groups in total. The van der Waals surface area contributed by atoms with Gasteiger partial charge >= 0.3 is 0 Å². The van der Waals surface area contributed by atoms with Gasteiger partial charge < -0.3 is 0 Å². The average molecular weight is 341 g/mol. The smallest absolute Gasteiger partial charge is 0.178 e. The lowest BCUT2D eigenvalue weighted by atomic mass is 10.1. The summed E-state index contributed by atoms with van der Waals surface area (Å²) in [6.45, 7) is 4.01. The highest BCUT2D eigenvalue weighted by molar-refractivity contribution is 9.10. The van der Waals surface area contributed by atoms with Gasteiger partial charge in [0.2, 0.25) is 0 Å². The normalized spacial score (nSPS) is 10.6. The van der Waals surface area contributed by atoms with Gasteiger partial charge in [0, 0.05) is 46.6 Å². The number of nitrogens with zero attached hydrogens (tertiary/aromatic N) is 4.